The van der Waals surface area contributed by atoms with Crippen LogP contribution in [-0.2, 0) is 16.1 Å². The number of benzene rings is 2. The van der Waals surface area contributed by atoms with Crippen LogP contribution >= 0.6 is 23.2 Å². The minimum absolute atomic E-state index is 0.129. The van der Waals surface area contributed by atoms with Crippen molar-refractivity contribution in [2.75, 3.05) is 6.61 Å². The zero-order chi connectivity index (χ0) is 24.0. The van der Waals surface area contributed by atoms with E-state index in [1.807, 2.05) is 39.0 Å². The van der Waals surface area contributed by atoms with Gasteiger partial charge in [-0.05, 0) is 62.4 Å². The van der Waals surface area contributed by atoms with E-state index in [1.165, 1.54) is 0 Å². The van der Waals surface area contributed by atoms with Crippen LogP contribution in [0.25, 0.3) is 0 Å². The zero-order valence-electron chi connectivity index (χ0n) is 19.5. The molecule has 1 atom stereocenters. The molecule has 1 saturated carbocycles. The van der Waals surface area contributed by atoms with Crippen LogP contribution in [0.1, 0.15) is 55.7 Å². The van der Waals surface area contributed by atoms with Crippen LogP contribution in [0.15, 0.2) is 36.4 Å². The van der Waals surface area contributed by atoms with Crippen LogP contribution in [0, 0.1) is 13.8 Å². The molecule has 1 aliphatic carbocycles. The topological polar surface area (TPSA) is 58.6 Å². The van der Waals surface area contributed by atoms with Crippen LogP contribution in [0.3, 0.4) is 0 Å². The van der Waals surface area contributed by atoms with Crippen LogP contribution in [-0.4, -0.2) is 35.4 Å². The predicted molar refractivity (Wildman–Crippen MR) is 133 cm³/mol. The van der Waals surface area contributed by atoms with Crippen LogP contribution < -0.4 is 10.1 Å². The second-order valence-corrected chi connectivity index (χ2v) is 9.44. The van der Waals surface area contributed by atoms with E-state index in [0.717, 1.165) is 36.8 Å². The van der Waals surface area contributed by atoms with Crippen molar-refractivity contribution < 1.29 is 14.3 Å². The van der Waals surface area contributed by atoms with Gasteiger partial charge in [0.25, 0.3) is 5.91 Å². The average Bonchev–Trinajstić information content (AvgIpc) is 3.29. The predicted octanol–water partition coefficient (Wildman–Crippen LogP) is 5.86. The summed E-state index contributed by atoms with van der Waals surface area (Å²) in [6.45, 7) is 5.80. The molecule has 0 unspecified atom stereocenters. The fourth-order valence-electron chi connectivity index (χ4n) is 4.24. The van der Waals surface area contributed by atoms with Gasteiger partial charge in [0.1, 0.15) is 11.8 Å². The van der Waals surface area contributed by atoms with Gasteiger partial charge in [0.05, 0.1) is 0 Å². The van der Waals surface area contributed by atoms with Gasteiger partial charge in [-0.3, -0.25) is 9.59 Å². The lowest BCUT2D eigenvalue weighted by atomic mass is 10.1. The summed E-state index contributed by atoms with van der Waals surface area (Å²) in [5.41, 5.74) is 2.69. The van der Waals surface area contributed by atoms with Gasteiger partial charge in [0, 0.05) is 28.2 Å². The number of rotatable bonds is 9. The molecule has 1 fully saturated rings. The van der Waals surface area contributed by atoms with Gasteiger partial charge < -0.3 is 15.0 Å². The highest BCUT2D eigenvalue weighted by Gasteiger charge is 2.31. The van der Waals surface area contributed by atoms with Crippen LogP contribution in [0.4, 0.5) is 0 Å². The van der Waals surface area contributed by atoms with Crippen molar-refractivity contribution in [3.8, 4) is 5.75 Å². The third-order valence-electron chi connectivity index (χ3n) is 6.38. The van der Waals surface area contributed by atoms with E-state index in [2.05, 4.69) is 5.32 Å². The van der Waals surface area contributed by atoms with Gasteiger partial charge in [-0.15, -0.1) is 0 Å². The van der Waals surface area contributed by atoms with E-state index in [4.69, 9.17) is 27.9 Å². The van der Waals surface area contributed by atoms with Crippen molar-refractivity contribution in [2.24, 2.45) is 0 Å². The molecule has 1 N–H and O–H groups in total. The van der Waals surface area contributed by atoms with E-state index in [9.17, 15) is 9.59 Å². The van der Waals surface area contributed by atoms with Crippen LogP contribution in [0.5, 0.6) is 5.75 Å². The maximum absolute atomic E-state index is 13.4. The smallest absolute Gasteiger partial charge is 0.261 e. The first-order valence-electron chi connectivity index (χ1n) is 11.5. The second-order valence-electron chi connectivity index (χ2n) is 8.62. The summed E-state index contributed by atoms with van der Waals surface area (Å²) in [4.78, 5) is 28.2. The molecule has 7 heteroatoms. The van der Waals surface area contributed by atoms with E-state index in [-0.39, 0.29) is 31.0 Å². The Morgan fingerprint density at radius 1 is 1.09 bits per heavy atom. The number of carbonyl (C=O) groups excluding carboxylic acids is 2. The lowest BCUT2D eigenvalue weighted by molar-refractivity contribution is -0.143. The molecule has 0 bridgehead atoms. The van der Waals surface area contributed by atoms with E-state index in [0.29, 0.717) is 27.8 Å². The molecule has 5 nitrogen and oxygen atoms in total. The number of halogens is 2. The highest BCUT2D eigenvalue weighted by Crippen LogP contribution is 2.28. The minimum atomic E-state index is -0.646. The Morgan fingerprint density at radius 3 is 2.36 bits per heavy atom. The highest BCUT2D eigenvalue weighted by atomic mass is 35.5. The van der Waals surface area contributed by atoms with Gasteiger partial charge in [-0.1, -0.05) is 61.2 Å². The molecular weight excluding hydrogens is 459 g/mol. The Kier molecular flexibility index (Phi) is 9.04. The molecule has 0 radical (unpaired) electrons. The molecule has 0 saturated heterocycles. The SMILES string of the molecule is CC[C@@H](C(=O)NC1CCCC1)N(Cc1c(Cl)cccc1Cl)C(=O)COc1cccc(C)c1C. The normalized spacial score (nSPS) is 14.7. The monoisotopic (exact) mass is 490 g/mol. The lowest BCUT2D eigenvalue weighted by Crippen LogP contribution is -2.52. The largest absolute Gasteiger partial charge is 0.483 e. The van der Waals surface area contributed by atoms with Crippen molar-refractivity contribution in [3.05, 3.63) is 63.1 Å². The van der Waals surface area contributed by atoms with Crippen molar-refractivity contribution in [1.29, 1.82) is 0 Å². The van der Waals surface area contributed by atoms with Gasteiger partial charge in [-0.25, -0.2) is 0 Å². The Balaban J connectivity index is 1.83. The van der Waals surface area contributed by atoms with Gasteiger partial charge >= 0.3 is 0 Å². The first kappa shape index (κ1) is 25.4. The van der Waals surface area contributed by atoms with Gasteiger partial charge in [0.2, 0.25) is 5.91 Å². The summed E-state index contributed by atoms with van der Waals surface area (Å²) in [6.07, 6.45) is 4.65. The molecule has 33 heavy (non-hydrogen) atoms. The molecule has 1 aliphatic rings. The molecule has 3 rings (SSSR count). The van der Waals surface area contributed by atoms with Crippen molar-refractivity contribution in [1.82, 2.24) is 10.2 Å². The first-order valence-corrected chi connectivity index (χ1v) is 12.3. The summed E-state index contributed by atoms with van der Waals surface area (Å²) >= 11 is 12.8. The van der Waals surface area contributed by atoms with E-state index >= 15 is 0 Å². The number of ether oxygens (including phenoxy) is 1. The fourth-order valence-corrected chi connectivity index (χ4v) is 4.76. The summed E-state index contributed by atoms with van der Waals surface area (Å²) in [5.74, 6) is 0.218. The molecular formula is C26H32Cl2N2O3. The number of hydrogen-bond donors (Lipinski definition) is 1. The van der Waals surface area contributed by atoms with Gasteiger partial charge in [-0.2, -0.15) is 0 Å². The molecule has 2 aromatic carbocycles. The molecule has 0 aliphatic heterocycles. The van der Waals surface area contributed by atoms with Crippen molar-refractivity contribution >= 4 is 35.0 Å². The number of hydrogen-bond acceptors (Lipinski definition) is 3. The summed E-state index contributed by atoms with van der Waals surface area (Å²) < 4.78 is 5.88. The summed E-state index contributed by atoms with van der Waals surface area (Å²) in [5, 5.41) is 4.05. The zero-order valence-corrected chi connectivity index (χ0v) is 21.0. The quantitative estimate of drug-likeness (QED) is 0.479. The average molecular weight is 491 g/mol. The Hall–Kier alpha value is -2.24. The molecule has 178 valence electrons. The second kappa shape index (κ2) is 11.8. The lowest BCUT2D eigenvalue weighted by Gasteiger charge is -2.32. The number of amides is 2. The maximum atomic E-state index is 13.4. The summed E-state index contributed by atoms with van der Waals surface area (Å²) in [6, 6.07) is 10.5. The standard InChI is InChI=1S/C26H32Cl2N2O3/c1-4-23(26(32)29-19-10-5-6-11-19)30(15-20-21(27)12-8-13-22(20)28)25(31)16-33-24-14-7-9-17(2)18(24)3/h7-9,12-14,19,23H,4-6,10-11,15-16H2,1-3H3,(H,29,32)/t23-/m0/s1. The van der Waals surface area contributed by atoms with Gasteiger partial charge in [0.15, 0.2) is 6.61 Å². The van der Waals surface area contributed by atoms with Crippen molar-refractivity contribution in [2.45, 2.75) is 71.5 Å². The first-order chi connectivity index (χ1) is 15.8. The molecule has 0 aromatic heterocycles. The van der Waals surface area contributed by atoms with Crippen LogP contribution in [0.2, 0.25) is 10.0 Å². The van der Waals surface area contributed by atoms with E-state index < -0.39 is 6.04 Å². The Bertz CT molecular complexity index is 969. The molecule has 0 spiro atoms. The number of aryl methyl sites for hydroxylation is 1. The summed E-state index contributed by atoms with van der Waals surface area (Å²) in [7, 11) is 0. The van der Waals surface area contributed by atoms with Crippen molar-refractivity contribution in [3.63, 3.8) is 0 Å². The van der Waals surface area contributed by atoms with E-state index in [1.54, 1.807) is 23.1 Å². The third kappa shape index (κ3) is 6.42. The molecule has 2 amide bonds. The molecule has 0 heterocycles. The fraction of sp³-hybridized carbons (Fsp3) is 0.462. The molecule has 2 aromatic rings. The maximum Gasteiger partial charge on any atom is 0.261 e. The number of carbonyl (C=O) groups is 2. The number of nitrogens with one attached hydrogen (secondary N) is 1. The number of nitrogens with zero attached hydrogens (tertiary/aromatic N) is 1. The highest BCUT2D eigenvalue weighted by molar-refractivity contribution is 6.36. The minimum Gasteiger partial charge on any atom is -0.483 e. The Morgan fingerprint density at radius 2 is 1.73 bits per heavy atom. The Labute approximate surface area is 206 Å². The third-order valence-corrected chi connectivity index (χ3v) is 7.09.